The van der Waals surface area contributed by atoms with E-state index in [1.807, 2.05) is 35.7 Å². The van der Waals surface area contributed by atoms with E-state index in [0.29, 0.717) is 5.38 Å². The zero-order chi connectivity index (χ0) is 10.6. The van der Waals surface area contributed by atoms with Gasteiger partial charge in [0.25, 0.3) is 0 Å². The third-order valence-electron chi connectivity index (χ3n) is 1.82. The van der Waals surface area contributed by atoms with Gasteiger partial charge in [-0.1, -0.05) is 49.6 Å². The molecule has 1 nitrogen and oxygen atoms in total. The van der Waals surface area contributed by atoms with Crippen molar-refractivity contribution >= 4 is 19.8 Å². The van der Waals surface area contributed by atoms with Crippen LogP contribution in [0.2, 0.25) is 19.6 Å². The largest absolute Gasteiger partial charge is 0.517 e. The number of thioether (sulfide) groups is 1. The zero-order valence-corrected chi connectivity index (χ0v) is 10.6. The Morgan fingerprint density at radius 1 is 1.21 bits per heavy atom. The summed E-state index contributed by atoms with van der Waals surface area (Å²) in [6.07, 6.45) is 0. The monoisotopic (exact) mass is 224 g/mol. The van der Waals surface area contributed by atoms with Crippen LogP contribution in [0.4, 0.5) is 0 Å². The van der Waals surface area contributed by atoms with E-state index in [1.165, 1.54) is 0 Å². The molecule has 0 unspecified atom stereocenters. The Balaban J connectivity index is 2.65. The van der Waals surface area contributed by atoms with Crippen molar-refractivity contribution in [1.82, 2.24) is 0 Å². The smallest absolute Gasteiger partial charge is 0.122 e. The van der Waals surface area contributed by atoms with Gasteiger partial charge in [-0.05, 0) is 12.1 Å². The summed E-state index contributed by atoms with van der Waals surface area (Å²) in [5, 5.41) is 12.2. The quantitative estimate of drug-likeness (QED) is 0.475. The molecule has 1 N–H and O–H groups in total. The maximum absolute atomic E-state index is 9.75. The van der Waals surface area contributed by atoms with Crippen LogP contribution >= 0.6 is 11.8 Å². The SMILES string of the molecule is C[Si](C)(C)/C(O)=C\Sc1ccccc1. The molecule has 0 aromatic heterocycles. The first-order chi connectivity index (χ1) is 6.50. The molecule has 76 valence electrons. The molecule has 0 aliphatic carbocycles. The van der Waals surface area contributed by atoms with E-state index in [2.05, 4.69) is 19.6 Å². The van der Waals surface area contributed by atoms with Gasteiger partial charge in [-0.25, -0.2) is 0 Å². The summed E-state index contributed by atoms with van der Waals surface area (Å²) in [6.45, 7) is 6.39. The molecular weight excluding hydrogens is 208 g/mol. The van der Waals surface area contributed by atoms with Crippen LogP contribution in [-0.4, -0.2) is 13.2 Å². The Morgan fingerprint density at radius 2 is 1.79 bits per heavy atom. The number of rotatable bonds is 3. The molecule has 0 atom stereocenters. The molecule has 0 aliphatic heterocycles. The molecule has 1 aromatic rings. The van der Waals surface area contributed by atoms with Crippen molar-refractivity contribution in [3.05, 3.63) is 41.1 Å². The molecule has 0 aliphatic rings. The van der Waals surface area contributed by atoms with Gasteiger partial charge in [0, 0.05) is 10.3 Å². The predicted molar refractivity (Wildman–Crippen MR) is 66.4 cm³/mol. The van der Waals surface area contributed by atoms with Crippen molar-refractivity contribution in [3.8, 4) is 0 Å². The standard InChI is InChI=1S/C11H16OSSi/c1-14(2,3)11(12)9-13-10-7-5-4-6-8-10/h4-9,12H,1-3H3/b11-9-. The van der Waals surface area contributed by atoms with Gasteiger partial charge in [0.15, 0.2) is 0 Å². The minimum atomic E-state index is -1.52. The lowest BCUT2D eigenvalue weighted by Crippen LogP contribution is -2.23. The molecular formula is C11H16OSSi. The highest BCUT2D eigenvalue weighted by atomic mass is 32.2. The maximum Gasteiger partial charge on any atom is 0.122 e. The fourth-order valence-corrected chi connectivity index (χ4v) is 2.95. The molecule has 1 aromatic carbocycles. The number of aliphatic hydroxyl groups is 1. The van der Waals surface area contributed by atoms with Gasteiger partial charge in [0.1, 0.15) is 8.07 Å². The van der Waals surface area contributed by atoms with Crippen molar-refractivity contribution in [2.24, 2.45) is 0 Å². The summed E-state index contributed by atoms with van der Waals surface area (Å²) in [5.74, 6) is 0. The molecule has 1 rings (SSSR count). The first kappa shape index (κ1) is 11.4. The molecule has 0 bridgehead atoms. The van der Waals surface area contributed by atoms with Crippen LogP contribution < -0.4 is 0 Å². The zero-order valence-electron chi connectivity index (χ0n) is 8.82. The van der Waals surface area contributed by atoms with Crippen molar-refractivity contribution in [2.75, 3.05) is 0 Å². The molecule has 0 amide bonds. The third-order valence-corrected chi connectivity index (χ3v) is 4.59. The summed E-state index contributed by atoms with van der Waals surface area (Å²) < 4.78 is 0. The first-order valence-corrected chi connectivity index (χ1v) is 8.99. The van der Waals surface area contributed by atoms with Gasteiger partial charge in [0.2, 0.25) is 0 Å². The highest BCUT2D eigenvalue weighted by Gasteiger charge is 2.18. The minimum absolute atomic E-state index is 0.561. The second-order valence-electron chi connectivity index (χ2n) is 4.18. The number of hydrogen-bond acceptors (Lipinski definition) is 2. The first-order valence-electron chi connectivity index (χ1n) is 4.61. The van der Waals surface area contributed by atoms with Crippen LogP contribution in [0.1, 0.15) is 0 Å². The lowest BCUT2D eigenvalue weighted by Gasteiger charge is -2.14. The van der Waals surface area contributed by atoms with Crippen LogP contribution in [0.15, 0.2) is 46.0 Å². The Hall–Kier alpha value is -0.673. The third kappa shape index (κ3) is 3.60. The predicted octanol–water partition coefficient (Wildman–Crippen LogP) is 4.06. The second kappa shape index (κ2) is 4.71. The van der Waals surface area contributed by atoms with E-state index in [0.717, 1.165) is 4.90 Å². The van der Waals surface area contributed by atoms with Crippen LogP contribution in [0, 0.1) is 0 Å². The van der Waals surface area contributed by atoms with Crippen molar-refractivity contribution in [3.63, 3.8) is 0 Å². The van der Waals surface area contributed by atoms with E-state index in [1.54, 1.807) is 11.8 Å². The summed E-state index contributed by atoms with van der Waals surface area (Å²) in [7, 11) is -1.52. The van der Waals surface area contributed by atoms with E-state index in [-0.39, 0.29) is 0 Å². The van der Waals surface area contributed by atoms with Crippen molar-refractivity contribution in [1.29, 1.82) is 0 Å². The molecule has 0 saturated carbocycles. The topological polar surface area (TPSA) is 20.2 Å². The van der Waals surface area contributed by atoms with Gasteiger partial charge in [-0.2, -0.15) is 0 Å². The molecule has 0 spiro atoms. The molecule has 14 heavy (non-hydrogen) atoms. The van der Waals surface area contributed by atoms with Gasteiger partial charge >= 0.3 is 0 Å². The Kier molecular flexibility index (Phi) is 3.83. The Morgan fingerprint density at radius 3 is 2.29 bits per heavy atom. The lowest BCUT2D eigenvalue weighted by molar-refractivity contribution is 0.446. The Bertz CT molecular complexity index is 314. The van der Waals surface area contributed by atoms with Crippen LogP contribution in [-0.2, 0) is 0 Å². The molecule has 0 radical (unpaired) electrons. The average Bonchev–Trinajstić information content (AvgIpc) is 2.14. The van der Waals surface area contributed by atoms with E-state index >= 15 is 0 Å². The van der Waals surface area contributed by atoms with E-state index < -0.39 is 8.07 Å². The van der Waals surface area contributed by atoms with Gasteiger partial charge in [-0.15, -0.1) is 0 Å². The molecule has 0 heterocycles. The van der Waals surface area contributed by atoms with Crippen molar-refractivity contribution in [2.45, 2.75) is 24.5 Å². The van der Waals surface area contributed by atoms with E-state index in [4.69, 9.17) is 0 Å². The van der Waals surface area contributed by atoms with Crippen molar-refractivity contribution < 1.29 is 5.11 Å². The average molecular weight is 224 g/mol. The summed E-state index contributed by atoms with van der Waals surface area (Å²) in [6, 6.07) is 10.1. The number of aliphatic hydroxyl groups excluding tert-OH is 1. The highest BCUT2D eigenvalue weighted by molar-refractivity contribution is 8.02. The number of hydrogen-bond donors (Lipinski definition) is 1. The van der Waals surface area contributed by atoms with Crippen LogP contribution in [0.5, 0.6) is 0 Å². The second-order valence-corrected chi connectivity index (χ2v) is 10.1. The molecule has 0 fully saturated rings. The fourth-order valence-electron chi connectivity index (χ4n) is 0.800. The number of benzene rings is 1. The lowest BCUT2D eigenvalue weighted by atomic mass is 10.4. The molecule has 0 saturated heterocycles. The van der Waals surface area contributed by atoms with Crippen LogP contribution in [0.25, 0.3) is 0 Å². The van der Waals surface area contributed by atoms with Crippen LogP contribution in [0.3, 0.4) is 0 Å². The Labute approximate surface area is 90.9 Å². The summed E-state index contributed by atoms with van der Waals surface area (Å²) >= 11 is 1.58. The van der Waals surface area contributed by atoms with E-state index in [9.17, 15) is 5.11 Å². The summed E-state index contributed by atoms with van der Waals surface area (Å²) in [5.41, 5.74) is 0. The van der Waals surface area contributed by atoms with Gasteiger partial charge in [0.05, 0.1) is 5.38 Å². The normalized spacial score (nSPS) is 12.9. The minimum Gasteiger partial charge on any atom is -0.517 e. The van der Waals surface area contributed by atoms with Gasteiger partial charge < -0.3 is 5.11 Å². The maximum atomic E-state index is 9.75. The fraction of sp³-hybridized carbons (Fsp3) is 0.273. The molecule has 3 heteroatoms. The highest BCUT2D eigenvalue weighted by Crippen LogP contribution is 2.22. The summed E-state index contributed by atoms with van der Waals surface area (Å²) in [4.78, 5) is 1.16. The van der Waals surface area contributed by atoms with Gasteiger partial charge in [-0.3, -0.25) is 0 Å².